The van der Waals surface area contributed by atoms with Crippen molar-refractivity contribution in [1.82, 2.24) is 9.13 Å². The smallest absolute Gasteiger partial charge is 0.328 e. The number of hydrogen-bond donors (Lipinski definition) is 2. The SMILES string of the molecule is COc1ccc(NC(=O)CCn2c(=O)n(C)c3ccccc32)cc1NC(=O)c1cccc(F)c1. The van der Waals surface area contributed by atoms with E-state index in [4.69, 9.17) is 4.74 Å². The van der Waals surface area contributed by atoms with Crippen molar-refractivity contribution in [2.75, 3.05) is 17.7 Å². The van der Waals surface area contributed by atoms with Crippen molar-refractivity contribution < 1.29 is 18.7 Å². The van der Waals surface area contributed by atoms with E-state index in [0.717, 1.165) is 17.1 Å². The van der Waals surface area contributed by atoms with Gasteiger partial charge in [-0.3, -0.25) is 18.7 Å². The summed E-state index contributed by atoms with van der Waals surface area (Å²) in [6.07, 6.45) is 0.0743. The van der Waals surface area contributed by atoms with Gasteiger partial charge in [0, 0.05) is 31.3 Å². The van der Waals surface area contributed by atoms with Crippen molar-refractivity contribution in [3.05, 3.63) is 88.6 Å². The summed E-state index contributed by atoms with van der Waals surface area (Å²) in [5.41, 5.74) is 2.26. The first-order valence-corrected chi connectivity index (χ1v) is 10.6. The van der Waals surface area contributed by atoms with Crippen LogP contribution in [0, 0.1) is 5.82 Å². The number of rotatable bonds is 7. The van der Waals surface area contributed by atoms with E-state index in [0.29, 0.717) is 17.1 Å². The number of anilines is 2. The highest BCUT2D eigenvalue weighted by Gasteiger charge is 2.14. The van der Waals surface area contributed by atoms with Crippen molar-refractivity contribution in [2.24, 2.45) is 7.05 Å². The van der Waals surface area contributed by atoms with Gasteiger partial charge in [0.25, 0.3) is 5.91 Å². The number of nitrogens with zero attached hydrogens (tertiary/aromatic N) is 2. The highest BCUT2D eigenvalue weighted by Crippen LogP contribution is 2.28. The summed E-state index contributed by atoms with van der Waals surface area (Å²) in [4.78, 5) is 37.6. The highest BCUT2D eigenvalue weighted by molar-refractivity contribution is 6.05. The third-order valence-corrected chi connectivity index (χ3v) is 5.43. The lowest BCUT2D eigenvalue weighted by Gasteiger charge is -2.13. The molecule has 0 aliphatic rings. The molecule has 0 spiro atoms. The summed E-state index contributed by atoms with van der Waals surface area (Å²) in [7, 11) is 3.14. The molecule has 2 amide bonds. The Hall–Kier alpha value is -4.40. The van der Waals surface area contributed by atoms with Crippen molar-refractivity contribution in [1.29, 1.82) is 0 Å². The van der Waals surface area contributed by atoms with Gasteiger partial charge in [0.1, 0.15) is 11.6 Å². The predicted octanol–water partition coefficient (Wildman–Crippen LogP) is 3.77. The molecule has 3 aromatic carbocycles. The van der Waals surface area contributed by atoms with Gasteiger partial charge in [-0.25, -0.2) is 9.18 Å². The van der Waals surface area contributed by atoms with Gasteiger partial charge in [-0.05, 0) is 48.5 Å². The standard InChI is InChI=1S/C25H23FN4O4/c1-29-20-8-3-4-9-21(20)30(25(29)33)13-12-23(31)27-18-10-11-22(34-2)19(15-18)28-24(32)16-6-5-7-17(26)14-16/h3-11,14-15H,12-13H2,1-2H3,(H,27,31)(H,28,32). The number of carbonyl (C=O) groups excluding carboxylic acids is 2. The van der Waals surface area contributed by atoms with E-state index in [2.05, 4.69) is 10.6 Å². The number of para-hydroxylation sites is 2. The monoisotopic (exact) mass is 462 g/mol. The Morgan fingerprint density at radius 1 is 0.971 bits per heavy atom. The molecule has 4 rings (SSSR count). The summed E-state index contributed by atoms with van der Waals surface area (Å²) in [6, 6.07) is 17.5. The molecule has 0 unspecified atom stereocenters. The molecule has 0 aliphatic heterocycles. The van der Waals surface area contributed by atoms with Crippen LogP contribution in [0.15, 0.2) is 71.5 Å². The normalized spacial score (nSPS) is 10.8. The van der Waals surface area contributed by atoms with Crippen LogP contribution in [0.2, 0.25) is 0 Å². The van der Waals surface area contributed by atoms with Gasteiger partial charge in [0.2, 0.25) is 5.91 Å². The Morgan fingerprint density at radius 2 is 1.74 bits per heavy atom. The lowest BCUT2D eigenvalue weighted by molar-refractivity contribution is -0.116. The van der Waals surface area contributed by atoms with Gasteiger partial charge in [-0.15, -0.1) is 0 Å². The number of amides is 2. The van der Waals surface area contributed by atoms with Crippen molar-refractivity contribution >= 4 is 34.2 Å². The Bertz CT molecular complexity index is 1440. The molecule has 174 valence electrons. The van der Waals surface area contributed by atoms with E-state index < -0.39 is 11.7 Å². The van der Waals surface area contributed by atoms with E-state index >= 15 is 0 Å². The van der Waals surface area contributed by atoms with Crippen LogP contribution < -0.4 is 21.1 Å². The molecule has 8 nitrogen and oxygen atoms in total. The van der Waals surface area contributed by atoms with Crippen LogP contribution in [-0.4, -0.2) is 28.1 Å². The maximum atomic E-state index is 13.5. The number of methoxy groups -OCH3 is 1. The number of aromatic nitrogens is 2. The molecule has 0 radical (unpaired) electrons. The fourth-order valence-electron chi connectivity index (χ4n) is 3.72. The van der Waals surface area contributed by atoms with Gasteiger partial charge >= 0.3 is 5.69 Å². The third kappa shape index (κ3) is 4.68. The van der Waals surface area contributed by atoms with E-state index in [1.165, 1.54) is 25.3 Å². The molecular weight excluding hydrogens is 439 g/mol. The van der Waals surface area contributed by atoms with Crippen molar-refractivity contribution in [3.8, 4) is 5.75 Å². The first-order valence-electron chi connectivity index (χ1n) is 10.6. The molecule has 0 saturated carbocycles. The number of fused-ring (bicyclic) bond motifs is 1. The van der Waals surface area contributed by atoms with Crippen LogP contribution in [0.4, 0.5) is 15.8 Å². The summed E-state index contributed by atoms with van der Waals surface area (Å²) >= 11 is 0. The van der Waals surface area contributed by atoms with Crippen LogP contribution in [-0.2, 0) is 18.4 Å². The van der Waals surface area contributed by atoms with Crippen LogP contribution >= 0.6 is 0 Å². The van der Waals surface area contributed by atoms with Gasteiger partial charge in [0.05, 0.1) is 23.8 Å². The number of nitrogens with one attached hydrogen (secondary N) is 2. The second-order valence-corrected chi connectivity index (χ2v) is 7.66. The Labute approximate surface area is 194 Å². The molecule has 1 aromatic heterocycles. The molecule has 0 fully saturated rings. The quantitative estimate of drug-likeness (QED) is 0.437. The summed E-state index contributed by atoms with van der Waals surface area (Å²) in [6.45, 7) is 0.214. The van der Waals surface area contributed by atoms with Gasteiger partial charge in [0.15, 0.2) is 0 Å². The second kappa shape index (κ2) is 9.62. The molecular formula is C25H23FN4O4. The van der Waals surface area contributed by atoms with Crippen molar-refractivity contribution in [2.45, 2.75) is 13.0 Å². The zero-order chi connectivity index (χ0) is 24.2. The van der Waals surface area contributed by atoms with Gasteiger partial charge in [-0.2, -0.15) is 0 Å². The minimum Gasteiger partial charge on any atom is -0.495 e. The minimum atomic E-state index is -0.522. The predicted molar refractivity (Wildman–Crippen MR) is 128 cm³/mol. The molecule has 0 atom stereocenters. The molecule has 1 heterocycles. The summed E-state index contributed by atoms with van der Waals surface area (Å²) in [5, 5.41) is 5.45. The summed E-state index contributed by atoms with van der Waals surface area (Å²) < 4.78 is 21.8. The minimum absolute atomic E-state index is 0.0743. The third-order valence-electron chi connectivity index (χ3n) is 5.43. The highest BCUT2D eigenvalue weighted by atomic mass is 19.1. The number of hydrogen-bond acceptors (Lipinski definition) is 4. The molecule has 0 bridgehead atoms. The first-order chi connectivity index (χ1) is 16.4. The molecule has 34 heavy (non-hydrogen) atoms. The molecule has 9 heteroatoms. The Balaban J connectivity index is 1.47. The number of imidazole rings is 1. The maximum Gasteiger partial charge on any atom is 0.328 e. The zero-order valence-corrected chi connectivity index (χ0v) is 18.7. The van der Waals surface area contributed by atoms with Crippen LogP contribution in [0.3, 0.4) is 0 Å². The molecule has 2 N–H and O–H groups in total. The van der Waals surface area contributed by atoms with Gasteiger partial charge < -0.3 is 15.4 Å². The van der Waals surface area contributed by atoms with E-state index in [9.17, 15) is 18.8 Å². The van der Waals surface area contributed by atoms with E-state index in [1.807, 2.05) is 24.3 Å². The topological polar surface area (TPSA) is 94.4 Å². The summed E-state index contributed by atoms with van der Waals surface area (Å²) in [5.74, 6) is -0.958. The fraction of sp³-hybridized carbons (Fsp3) is 0.160. The number of aryl methyl sites for hydroxylation is 2. The lowest BCUT2D eigenvalue weighted by atomic mass is 10.2. The molecule has 0 saturated heterocycles. The molecule has 0 aliphatic carbocycles. The average molecular weight is 462 g/mol. The fourth-order valence-corrected chi connectivity index (χ4v) is 3.72. The average Bonchev–Trinajstić information content (AvgIpc) is 3.07. The van der Waals surface area contributed by atoms with Crippen LogP contribution in [0.1, 0.15) is 16.8 Å². The maximum absolute atomic E-state index is 13.5. The zero-order valence-electron chi connectivity index (χ0n) is 18.7. The van der Waals surface area contributed by atoms with Crippen molar-refractivity contribution in [3.63, 3.8) is 0 Å². The van der Waals surface area contributed by atoms with E-state index in [-0.39, 0.29) is 30.1 Å². The number of halogens is 1. The largest absolute Gasteiger partial charge is 0.495 e. The lowest BCUT2D eigenvalue weighted by Crippen LogP contribution is -2.24. The Morgan fingerprint density at radius 3 is 2.47 bits per heavy atom. The molecule has 4 aromatic rings. The second-order valence-electron chi connectivity index (χ2n) is 7.66. The van der Waals surface area contributed by atoms with Gasteiger partial charge in [-0.1, -0.05) is 18.2 Å². The Kier molecular flexibility index (Phi) is 6.44. The number of benzene rings is 3. The first kappa shape index (κ1) is 22.8. The number of carbonyl (C=O) groups is 2. The van der Waals surface area contributed by atoms with Crippen LogP contribution in [0.5, 0.6) is 5.75 Å². The number of ether oxygens (including phenoxy) is 1. The van der Waals surface area contributed by atoms with E-state index in [1.54, 1.807) is 34.4 Å². The van der Waals surface area contributed by atoms with Crippen LogP contribution in [0.25, 0.3) is 11.0 Å².